The number of nitrogens with one attached hydrogen (secondary N) is 1. The summed E-state index contributed by atoms with van der Waals surface area (Å²) in [6, 6.07) is 4.15. The minimum atomic E-state index is -0.221. The van der Waals surface area contributed by atoms with Gasteiger partial charge in [0.25, 0.3) is 5.56 Å². The molecule has 4 rings (SSSR count). The van der Waals surface area contributed by atoms with Gasteiger partial charge >= 0.3 is 0 Å². The van der Waals surface area contributed by atoms with Crippen LogP contribution >= 0.6 is 11.3 Å². The van der Waals surface area contributed by atoms with Gasteiger partial charge in [-0.25, -0.2) is 4.68 Å². The summed E-state index contributed by atoms with van der Waals surface area (Å²) in [6.07, 6.45) is 2.05. The Morgan fingerprint density at radius 3 is 2.86 bits per heavy atom. The van der Waals surface area contributed by atoms with Gasteiger partial charge in [-0.1, -0.05) is 13.8 Å². The molecule has 1 amide bonds. The van der Waals surface area contributed by atoms with Gasteiger partial charge in [-0.2, -0.15) is 5.10 Å². The molecular formula is C20H27N5O2S. The van der Waals surface area contributed by atoms with Crippen molar-refractivity contribution in [2.24, 2.45) is 0 Å². The Kier molecular flexibility index (Phi) is 5.01. The predicted molar refractivity (Wildman–Crippen MR) is 112 cm³/mol. The number of piperidine rings is 1. The molecule has 0 aromatic carbocycles. The number of amides is 1. The summed E-state index contributed by atoms with van der Waals surface area (Å²) in [4.78, 5) is 29.0. The van der Waals surface area contributed by atoms with Crippen molar-refractivity contribution >= 4 is 33.0 Å². The van der Waals surface area contributed by atoms with Gasteiger partial charge in [0.2, 0.25) is 5.91 Å². The van der Waals surface area contributed by atoms with Crippen LogP contribution in [0.4, 0.5) is 0 Å². The number of hydrogen-bond donors (Lipinski definition) is 1. The molecule has 0 spiro atoms. The lowest BCUT2D eigenvalue weighted by atomic mass is 10.1. The van der Waals surface area contributed by atoms with Crippen molar-refractivity contribution in [3.63, 3.8) is 0 Å². The SMILES string of the molecule is Cc1cc2c(cc3c(=O)n(CC(=O)N[C@@H]4CCCN(C)C4)nc(C(C)C)n32)s1. The summed E-state index contributed by atoms with van der Waals surface area (Å²) >= 11 is 1.67. The second kappa shape index (κ2) is 7.33. The highest BCUT2D eigenvalue weighted by atomic mass is 32.1. The van der Waals surface area contributed by atoms with Gasteiger partial charge < -0.3 is 10.2 Å². The number of nitrogens with zero attached hydrogens (tertiary/aromatic N) is 4. The number of likely N-dealkylation sites (N-methyl/N-ethyl adjacent to an activating group) is 1. The summed E-state index contributed by atoms with van der Waals surface area (Å²) < 4.78 is 4.35. The Morgan fingerprint density at radius 2 is 2.14 bits per heavy atom. The van der Waals surface area contributed by atoms with Crippen LogP contribution in [0.1, 0.15) is 43.3 Å². The Morgan fingerprint density at radius 1 is 1.36 bits per heavy atom. The monoisotopic (exact) mass is 401 g/mol. The number of likely N-dealkylation sites (tertiary alicyclic amines) is 1. The first kappa shape index (κ1) is 19.1. The van der Waals surface area contributed by atoms with Crippen molar-refractivity contribution < 1.29 is 4.79 Å². The topological polar surface area (TPSA) is 71.6 Å². The van der Waals surface area contributed by atoms with Crippen LogP contribution in [0.3, 0.4) is 0 Å². The Bertz CT molecular complexity index is 1090. The fourth-order valence-electron chi connectivity index (χ4n) is 4.04. The predicted octanol–water partition coefficient (Wildman–Crippen LogP) is 2.35. The average Bonchev–Trinajstić information content (AvgIpc) is 3.13. The molecule has 28 heavy (non-hydrogen) atoms. The van der Waals surface area contributed by atoms with Gasteiger partial charge in [0.1, 0.15) is 17.9 Å². The third-order valence-corrected chi connectivity index (χ3v) is 6.30. The molecule has 1 saturated heterocycles. The molecular weight excluding hydrogens is 374 g/mol. The number of aromatic nitrogens is 3. The van der Waals surface area contributed by atoms with E-state index < -0.39 is 0 Å². The molecule has 0 unspecified atom stereocenters. The van der Waals surface area contributed by atoms with Crippen molar-refractivity contribution in [1.29, 1.82) is 0 Å². The number of fused-ring (bicyclic) bond motifs is 3. The Labute approximate surface area is 167 Å². The maximum Gasteiger partial charge on any atom is 0.291 e. The number of carbonyl (C=O) groups excluding carboxylic acids is 1. The summed E-state index contributed by atoms with van der Waals surface area (Å²) in [6.45, 7) is 8.03. The average molecular weight is 402 g/mol. The molecule has 1 N–H and O–H groups in total. The van der Waals surface area contributed by atoms with Crippen LogP contribution in [0.2, 0.25) is 0 Å². The molecule has 150 valence electrons. The summed E-state index contributed by atoms with van der Waals surface area (Å²) in [5.74, 6) is 0.769. The van der Waals surface area contributed by atoms with Crippen molar-refractivity contribution in [3.8, 4) is 0 Å². The lowest BCUT2D eigenvalue weighted by Crippen LogP contribution is -2.48. The molecule has 1 atom stereocenters. The van der Waals surface area contributed by atoms with E-state index in [4.69, 9.17) is 0 Å². The number of thiophene rings is 1. The zero-order chi connectivity index (χ0) is 20.0. The second-order valence-corrected chi connectivity index (χ2v) is 9.40. The van der Waals surface area contributed by atoms with Crippen molar-refractivity contribution in [3.05, 3.63) is 33.2 Å². The standard InChI is InChI=1S/C20H27N5O2S/c1-12(2)19-22-24(11-18(26)21-14-6-5-7-23(4)10-14)20(27)16-9-17-15(25(16)19)8-13(3)28-17/h8-9,12,14H,5-7,10-11H2,1-4H3,(H,21,26)/t14-/m1/s1. The van der Waals surface area contributed by atoms with Gasteiger partial charge in [-0.05, 0) is 45.5 Å². The van der Waals surface area contributed by atoms with Crippen molar-refractivity contribution in [2.75, 3.05) is 20.1 Å². The highest BCUT2D eigenvalue weighted by Gasteiger charge is 2.22. The number of hydrogen-bond acceptors (Lipinski definition) is 5. The molecule has 8 heteroatoms. The molecule has 4 heterocycles. The molecule has 3 aromatic heterocycles. The fourth-order valence-corrected chi connectivity index (χ4v) is 4.98. The molecule has 1 fully saturated rings. The van der Waals surface area contributed by atoms with E-state index >= 15 is 0 Å². The Hall–Kier alpha value is -2.19. The van der Waals surface area contributed by atoms with E-state index in [9.17, 15) is 9.59 Å². The van der Waals surface area contributed by atoms with Crippen LogP contribution in [-0.2, 0) is 11.3 Å². The lowest BCUT2D eigenvalue weighted by Gasteiger charge is -2.30. The quantitative estimate of drug-likeness (QED) is 0.728. The van der Waals surface area contributed by atoms with E-state index in [2.05, 4.69) is 49.2 Å². The summed E-state index contributed by atoms with van der Waals surface area (Å²) in [5.41, 5.74) is 1.39. The normalized spacial score (nSPS) is 18.4. The van der Waals surface area contributed by atoms with Crippen molar-refractivity contribution in [2.45, 2.75) is 52.1 Å². The smallest absolute Gasteiger partial charge is 0.291 e. The molecule has 1 aliphatic rings. The molecule has 0 aliphatic carbocycles. The zero-order valence-corrected chi connectivity index (χ0v) is 17.7. The van der Waals surface area contributed by atoms with E-state index in [1.54, 1.807) is 11.3 Å². The van der Waals surface area contributed by atoms with Gasteiger partial charge in [-0.3, -0.25) is 14.0 Å². The minimum Gasteiger partial charge on any atom is -0.350 e. The molecule has 7 nitrogen and oxygen atoms in total. The first-order chi connectivity index (χ1) is 13.3. The second-order valence-electron chi connectivity index (χ2n) is 8.12. The first-order valence-corrected chi connectivity index (χ1v) is 10.7. The van der Waals surface area contributed by atoms with Crippen LogP contribution in [0.5, 0.6) is 0 Å². The van der Waals surface area contributed by atoms with Gasteiger partial charge in [0.15, 0.2) is 0 Å². The van der Waals surface area contributed by atoms with Crippen molar-refractivity contribution in [1.82, 2.24) is 24.4 Å². The molecule has 0 bridgehead atoms. The van der Waals surface area contributed by atoms with E-state index in [1.807, 2.05) is 10.5 Å². The van der Waals surface area contributed by atoms with E-state index in [0.29, 0.717) is 5.52 Å². The molecule has 3 aromatic rings. The first-order valence-electron chi connectivity index (χ1n) is 9.84. The van der Waals surface area contributed by atoms with Crippen LogP contribution in [0.25, 0.3) is 15.7 Å². The third-order valence-electron chi connectivity index (χ3n) is 5.32. The lowest BCUT2D eigenvalue weighted by molar-refractivity contribution is -0.123. The van der Waals surface area contributed by atoms with Gasteiger partial charge in [-0.15, -0.1) is 11.3 Å². The maximum atomic E-state index is 13.0. The zero-order valence-electron chi connectivity index (χ0n) is 16.9. The number of rotatable bonds is 4. The highest BCUT2D eigenvalue weighted by molar-refractivity contribution is 7.19. The highest BCUT2D eigenvalue weighted by Crippen LogP contribution is 2.29. The summed E-state index contributed by atoms with van der Waals surface area (Å²) in [7, 11) is 2.06. The number of aryl methyl sites for hydroxylation is 1. The minimum absolute atomic E-state index is 0.0485. The number of carbonyl (C=O) groups is 1. The van der Waals surface area contributed by atoms with E-state index in [1.165, 1.54) is 9.56 Å². The fraction of sp³-hybridized carbons (Fsp3) is 0.550. The van der Waals surface area contributed by atoms with Crippen LogP contribution < -0.4 is 10.9 Å². The van der Waals surface area contributed by atoms with Gasteiger partial charge in [0, 0.05) is 23.4 Å². The van der Waals surface area contributed by atoms with E-state index in [-0.39, 0.29) is 30.0 Å². The largest absolute Gasteiger partial charge is 0.350 e. The van der Waals surface area contributed by atoms with Crippen LogP contribution in [0, 0.1) is 6.92 Å². The Balaban J connectivity index is 1.68. The summed E-state index contributed by atoms with van der Waals surface area (Å²) in [5, 5.41) is 7.65. The third kappa shape index (κ3) is 3.46. The van der Waals surface area contributed by atoms with Crippen LogP contribution in [-0.4, -0.2) is 51.2 Å². The van der Waals surface area contributed by atoms with E-state index in [0.717, 1.165) is 42.0 Å². The maximum absolute atomic E-state index is 13.0. The molecule has 1 aliphatic heterocycles. The van der Waals surface area contributed by atoms with Gasteiger partial charge in [0.05, 0.1) is 10.2 Å². The molecule has 0 radical (unpaired) electrons. The molecule has 0 saturated carbocycles. The van der Waals surface area contributed by atoms with Crippen LogP contribution in [0.15, 0.2) is 16.9 Å².